The minimum absolute atomic E-state index is 0. The Kier molecular flexibility index (Phi) is 41.9. The Morgan fingerprint density at radius 2 is 0.418 bits per heavy atom. The maximum Gasteiger partial charge on any atom is 3.00 e. The van der Waals surface area contributed by atoms with E-state index in [0.717, 1.165) is 116 Å². The fraction of sp³-hybridized carbons (Fsp3) is 0.714. The monoisotopic (exact) mass is 1150 g/mol. The number of unbranched alkanes of at least 4 members (excludes halogenated alkanes) is 9. The molecule has 0 aliphatic heterocycles. The van der Waals surface area contributed by atoms with Crippen molar-refractivity contribution in [3.8, 4) is 51.7 Å². The molecule has 0 aliphatic rings. The molecule has 3 aromatic rings. The summed E-state index contributed by atoms with van der Waals surface area (Å²) in [6, 6.07) is 11.1. The Balaban J connectivity index is 0.00000115. The molecule has 16 heteroatoms. The van der Waals surface area contributed by atoms with Gasteiger partial charge in [0.15, 0.2) is 34.5 Å². The molecule has 3 rings (SSSR count). The van der Waals surface area contributed by atoms with Gasteiger partial charge in [0, 0.05) is 0 Å². The zero-order valence-corrected chi connectivity index (χ0v) is 53.2. The minimum Gasteiger partial charge on any atom is -0.723 e. The smallest absolute Gasteiger partial charge is 0.723 e. The molecule has 0 bridgehead atoms. The molecule has 0 aliphatic carbocycles. The number of benzene rings is 3. The summed E-state index contributed by atoms with van der Waals surface area (Å²) in [7, 11) is 0. The second kappa shape index (κ2) is 44.0. The van der Waals surface area contributed by atoms with Gasteiger partial charge in [-0.2, -0.15) is 0 Å². The fourth-order valence-electron chi connectivity index (χ4n) is 7.52. The van der Waals surface area contributed by atoms with Gasteiger partial charge in [-0.15, -0.1) is 0 Å². The van der Waals surface area contributed by atoms with Crippen molar-refractivity contribution in [2.75, 3.05) is 59.5 Å². The summed E-state index contributed by atoms with van der Waals surface area (Å²) in [5.74, 6) is 5.45. The van der Waals surface area contributed by atoms with Gasteiger partial charge in [-0.3, -0.25) is 0 Å². The van der Waals surface area contributed by atoms with Crippen molar-refractivity contribution in [1.29, 1.82) is 0 Å². The first-order chi connectivity index (χ1) is 37.5. The van der Waals surface area contributed by atoms with Gasteiger partial charge in [0.2, 0.25) is 0 Å². The minimum atomic E-state index is -1.09. The molecule has 0 aromatic heterocycles. The topological polar surface area (TPSA) is 180 Å². The molecule has 0 fully saturated rings. The Labute approximate surface area is 493 Å². The van der Waals surface area contributed by atoms with Crippen molar-refractivity contribution in [2.24, 2.45) is 0 Å². The predicted molar refractivity (Wildman–Crippen MR) is 305 cm³/mol. The van der Waals surface area contributed by atoms with Crippen molar-refractivity contribution in [3.63, 3.8) is 0 Å². The molecule has 0 amide bonds. The third kappa shape index (κ3) is 27.3. The molecule has 15 nitrogen and oxygen atoms in total. The normalized spacial score (nSPS) is 11.3. The van der Waals surface area contributed by atoms with Crippen molar-refractivity contribution < 1.29 is 94.8 Å². The third-order valence-corrected chi connectivity index (χ3v) is 12.4. The summed E-state index contributed by atoms with van der Waals surface area (Å²) in [6.45, 7) is 34.6. The van der Waals surface area contributed by atoms with Crippen molar-refractivity contribution in [1.82, 2.24) is 0 Å². The van der Waals surface area contributed by atoms with Crippen molar-refractivity contribution >= 4 is 0 Å². The molecular weight excluding hydrogens is 1040 g/mol. The Morgan fingerprint density at radius 1 is 0.266 bits per heavy atom. The summed E-state index contributed by atoms with van der Waals surface area (Å²) in [5.41, 5.74) is -1.41. The van der Waals surface area contributed by atoms with Crippen molar-refractivity contribution in [2.45, 2.75) is 236 Å². The van der Waals surface area contributed by atoms with Crippen LogP contribution in [0.1, 0.15) is 236 Å². The first-order valence-electron chi connectivity index (χ1n) is 29.6. The maximum atomic E-state index is 11.4. The van der Waals surface area contributed by atoms with E-state index < -0.39 is 16.8 Å². The van der Waals surface area contributed by atoms with Gasteiger partial charge in [0.25, 0.3) is 0 Å². The van der Waals surface area contributed by atoms with E-state index in [9.17, 15) is 15.8 Å². The van der Waals surface area contributed by atoms with E-state index in [4.69, 9.17) is 42.6 Å². The second-order valence-electron chi connectivity index (χ2n) is 20.9. The average molecular weight is 1150 g/mol. The molecule has 0 atom stereocenters. The number of ether oxygens (including phenoxy) is 9. The van der Waals surface area contributed by atoms with Crippen LogP contribution in [0.2, 0.25) is 0 Å². The van der Waals surface area contributed by atoms with E-state index in [1.807, 2.05) is 36.4 Å². The third-order valence-electron chi connectivity index (χ3n) is 12.4. The van der Waals surface area contributed by atoms with E-state index in [2.05, 4.69) is 77.0 Å². The number of hydrogen-bond acceptors (Lipinski definition) is 15. The standard InChI is InChI=1S/3C21H36O5.Ti/c3*1-6-9-14-23-17-12-13-18(24-15-10-7-2)20(25-16-11-8-3)19(17)21(4,5)26-22;/h3*12-13,22H,6-11,14-16H2,1-5H3;/q;;;+3/p-3. The molecule has 0 spiro atoms. The van der Waals surface area contributed by atoms with E-state index in [0.29, 0.717) is 128 Å². The van der Waals surface area contributed by atoms with Gasteiger partial charge in [-0.25, -0.2) is 0 Å². The molecule has 3 aromatic carbocycles. The fourth-order valence-corrected chi connectivity index (χ4v) is 7.52. The SMILES string of the molecule is CCCCOc1ccc(OCCCC)c(C(C)(C)O[O-])c1OCCCC.CCCCOc1ccc(OCCCC)c(C(C)(C)O[O-])c1OCCCC.CCCCOc1ccc(OCCCC)c(C(C)(C)O[O-])c1OCCCC.[Ti+3]. The van der Waals surface area contributed by atoms with Crippen LogP contribution in [0.4, 0.5) is 0 Å². The summed E-state index contributed by atoms with van der Waals surface area (Å²) < 4.78 is 53.8. The maximum absolute atomic E-state index is 11.4. The van der Waals surface area contributed by atoms with Crippen LogP contribution in [-0.4, -0.2) is 59.5 Å². The van der Waals surface area contributed by atoms with Gasteiger partial charge in [0.1, 0.15) is 17.2 Å². The Morgan fingerprint density at radius 3 is 0.582 bits per heavy atom. The average Bonchev–Trinajstić information content (AvgIpc) is 3.44. The van der Waals surface area contributed by atoms with Crippen LogP contribution in [0.3, 0.4) is 0 Å². The van der Waals surface area contributed by atoms with E-state index in [-0.39, 0.29) is 21.7 Å². The molecule has 0 unspecified atom stereocenters. The van der Waals surface area contributed by atoms with Crippen LogP contribution >= 0.6 is 0 Å². The second-order valence-corrected chi connectivity index (χ2v) is 20.9. The van der Waals surface area contributed by atoms with Gasteiger partial charge in [-0.05, 0) is 136 Å². The first kappa shape index (κ1) is 75.3. The van der Waals surface area contributed by atoms with Crippen LogP contribution in [0.25, 0.3) is 0 Å². The number of rotatable bonds is 42. The first-order valence-corrected chi connectivity index (χ1v) is 29.6. The Hall–Kier alpha value is -3.67. The molecular formula is C63H105O15Ti. The Bertz CT molecular complexity index is 1770. The molecule has 451 valence electrons. The predicted octanol–water partition coefficient (Wildman–Crippen LogP) is 14.2. The van der Waals surface area contributed by atoms with Gasteiger partial charge >= 0.3 is 21.7 Å². The summed E-state index contributed by atoms with van der Waals surface area (Å²) in [4.78, 5) is 13.6. The summed E-state index contributed by atoms with van der Waals surface area (Å²) in [6.07, 6.45) is 17.8. The quantitative estimate of drug-likeness (QED) is 0.0226. The molecule has 1 radical (unpaired) electrons. The number of hydrogen-bond donors (Lipinski definition) is 0. The molecule has 0 saturated heterocycles. The van der Waals surface area contributed by atoms with Crippen LogP contribution in [0.15, 0.2) is 36.4 Å². The van der Waals surface area contributed by atoms with E-state index in [1.54, 1.807) is 41.5 Å². The zero-order valence-electron chi connectivity index (χ0n) is 51.7. The van der Waals surface area contributed by atoms with Crippen LogP contribution in [0, 0.1) is 0 Å². The van der Waals surface area contributed by atoms with Crippen molar-refractivity contribution in [3.05, 3.63) is 53.1 Å². The molecule has 0 heterocycles. The van der Waals surface area contributed by atoms with Gasteiger partial charge < -0.3 is 73.1 Å². The molecule has 0 saturated carbocycles. The summed E-state index contributed by atoms with van der Waals surface area (Å²) >= 11 is 0. The van der Waals surface area contributed by atoms with E-state index in [1.165, 1.54) is 0 Å². The van der Waals surface area contributed by atoms with Crippen LogP contribution in [-0.2, 0) is 53.2 Å². The largest absolute Gasteiger partial charge is 3.00 e. The van der Waals surface area contributed by atoms with Crippen LogP contribution in [0.5, 0.6) is 51.7 Å². The van der Waals surface area contributed by atoms with Gasteiger partial charge in [-0.1, -0.05) is 120 Å². The van der Waals surface area contributed by atoms with Gasteiger partial charge in [0.05, 0.1) is 93.0 Å². The zero-order chi connectivity index (χ0) is 58.2. The molecule has 0 N–H and O–H groups in total. The summed E-state index contributed by atoms with van der Waals surface area (Å²) in [5, 5.41) is 34.3. The molecule has 79 heavy (non-hydrogen) atoms. The van der Waals surface area contributed by atoms with E-state index >= 15 is 0 Å². The van der Waals surface area contributed by atoms with Crippen LogP contribution < -0.4 is 58.4 Å².